The molecule has 0 bridgehead atoms. The van der Waals surface area contributed by atoms with Crippen molar-refractivity contribution in [3.8, 4) is 34.1 Å². The zero-order valence-corrected chi connectivity index (χ0v) is 13.5. The summed E-state index contributed by atoms with van der Waals surface area (Å²) in [6, 6.07) is 6.33. The maximum atomic E-state index is 11.1. The fraction of sp³-hybridized carbons (Fsp3) is 0. The molecule has 0 radical (unpaired) electrons. The van der Waals surface area contributed by atoms with Gasteiger partial charge in [-0.15, -0.1) is 0 Å². The van der Waals surface area contributed by atoms with Crippen LogP contribution >= 0.6 is 15.6 Å². The van der Waals surface area contributed by atoms with Crippen LogP contribution in [0.25, 0.3) is 11.1 Å². The van der Waals surface area contributed by atoms with E-state index in [2.05, 4.69) is 9.05 Å². The molecular weight excluding hydrogens is 366 g/mol. The van der Waals surface area contributed by atoms with Crippen LogP contribution in [0.15, 0.2) is 36.4 Å². The van der Waals surface area contributed by atoms with Gasteiger partial charge in [0.25, 0.3) is 0 Å². The minimum absolute atomic E-state index is 0.102. The van der Waals surface area contributed by atoms with Gasteiger partial charge in [0.15, 0.2) is 0 Å². The van der Waals surface area contributed by atoms with Crippen molar-refractivity contribution in [1.29, 1.82) is 0 Å². The van der Waals surface area contributed by atoms with Crippen molar-refractivity contribution in [3.05, 3.63) is 36.4 Å². The first kappa shape index (κ1) is 18.3. The second-order valence-electron chi connectivity index (χ2n) is 4.52. The second kappa shape index (κ2) is 6.45. The normalized spacial score (nSPS) is 12.0. The van der Waals surface area contributed by atoms with Crippen LogP contribution in [0.2, 0.25) is 0 Å². The van der Waals surface area contributed by atoms with Gasteiger partial charge in [0.05, 0.1) is 0 Å². The molecule has 0 saturated heterocycles. The smallest absolute Gasteiger partial charge is 0.508 e. The van der Waals surface area contributed by atoms with Crippen LogP contribution in [0.4, 0.5) is 0 Å². The first-order valence-electron chi connectivity index (χ1n) is 6.11. The number of hydrogen-bond donors (Lipinski definition) is 6. The Kier molecular flexibility index (Phi) is 4.91. The van der Waals surface area contributed by atoms with Crippen LogP contribution in [0.1, 0.15) is 0 Å². The Balaban J connectivity index is 2.63. The molecule has 0 spiro atoms. The number of benzene rings is 2. The Bertz CT molecular complexity index is 853. The van der Waals surface area contributed by atoms with Gasteiger partial charge in [0, 0.05) is 11.1 Å². The van der Waals surface area contributed by atoms with Gasteiger partial charge in [-0.2, -0.15) is 0 Å². The summed E-state index contributed by atoms with van der Waals surface area (Å²) < 4.78 is 30.8. The van der Waals surface area contributed by atoms with E-state index < -0.39 is 21.4 Å². The Morgan fingerprint density at radius 3 is 1.96 bits per heavy atom. The lowest BCUT2D eigenvalue weighted by Crippen LogP contribution is -1.95. The summed E-state index contributed by atoms with van der Waals surface area (Å²) in [5.74, 6) is -1.40. The largest absolute Gasteiger partial charge is 0.524 e. The highest BCUT2D eigenvalue weighted by Gasteiger charge is 2.23. The van der Waals surface area contributed by atoms with Crippen molar-refractivity contribution in [1.82, 2.24) is 0 Å². The maximum Gasteiger partial charge on any atom is 0.524 e. The molecule has 0 heterocycles. The van der Waals surface area contributed by atoms with Crippen molar-refractivity contribution in [2.75, 3.05) is 0 Å². The third-order valence-corrected chi connectivity index (χ3v) is 3.55. The number of phosphoric ester groups is 2. The summed E-state index contributed by atoms with van der Waals surface area (Å²) in [5, 5.41) is 19.4. The number of rotatable bonds is 5. The Morgan fingerprint density at radius 2 is 1.38 bits per heavy atom. The molecule has 0 aliphatic rings. The predicted octanol–water partition coefficient (Wildman–Crippen LogP) is 1.71. The summed E-state index contributed by atoms with van der Waals surface area (Å²) in [6.45, 7) is 0. The summed E-state index contributed by atoms with van der Waals surface area (Å²) in [5.41, 5.74) is -0.271. The first-order valence-corrected chi connectivity index (χ1v) is 9.17. The van der Waals surface area contributed by atoms with Gasteiger partial charge in [-0.1, -0.05) is 0 Å². The molecule has 10 nitrogen and oxygen atoms in total. The molecule has 0 fully saturated rings. The SMILES string of the molecule is O=P(O)(O)Oc1ccc(OP(=O)(O)O)c(-c2cc(O)ccc2O)c1. The lowest BCUT2D eigenvalue weighted by atomic mass is 10.0. The highest BCUT2D eigenvalue weighted by atomic mass is 31.2. The van der Waals surface area contributed by atoms with E-state index in [1.165, 1.54) is 6.07 Å². The average molecular weight is 378 g/mol. The molecule has 12 heteroatoms. The fourth-order valence-electron chi connectivity index (χ4n) is 1.86. The number of phosphoric acid groups is 2. The van der Waals surface area contributed by atoms with Crippen LogP contribution < -0.4 is 9.05 Å². The topological polar surface area (TPSA) is 174 Å². The molecule has 2 aromatic rings. The van der Waals surface area contributed by atoms with Gasteiger partial charge < -0.3 is 19.3 Å². The zero-order valence-electron chi connectivity index (χ0n) is 11.7. The minimum atomic E-state index is -4.96. The van der Waals surface area contributed by atoms with Gasteiger partial charge >= 0.3 is 15.6 Å². The number of phenolic OH excluding ortho intramolecular Hbond substituents is 2. The lowest BCUT2D eigenvalue weighted by molar-refractivity contribution is 0.278. The minimum Gasteiger partial charge on any atom is -0.508 e. The predicted molar refractivity (Wildman–Crippen MR) is 80.6 cm³/mol. The molecule has 0 aliphatic heterocycles. The maximum absolute atomic E-state index is 11.1. The number of phenols is 2. The molecule has 0 amide bonds. The molecule has 0 saturated carbocycles. The molecule has 0 aromatic heterocycles. The standard InChI is InChI=1S/C12H12O10P2/c13-7-1-3-11(14)9(5-7)10-6-8(21-23(15,16)17)2-4-12(10)22-24(18,19)20/h1-6,13-14H,(H2,15,16,17)(H2,18,19,20). The van der Waals surface area contributed by atoms with Crippen LogP contribution in [-0.4, -0.2) is 29.8 Å². The molecule has 24 heavy (non-hydrogen) atoms. The fourth-order valence-corrected chi connectivity index (χ4v) is 2.66. The molecule has 130 valence electrons. The Morgan fingerprint density at radius 1 is 0.750 bits per heavy atom. The van der Waals surface area contributed by atoms with Crippen LogP contribution in [-0.2, 0) is 9.13 Å². The average Bonchev–Trinajstić information content (AvgIpc) is 2.40. The van der Waals surface area contributed by atoms with Crippen LogP contribution in [0.3, 0.4) is 0 Å². The van der Waals surface area contributed by atoms with E-state index in [-0.39, 0.29) is 28.4 Å². The van der Waals surface area contributed by atoms with Gasteiger partial charge in [0.1, 0.15) is 23.0 Å². The van der Waals surface area contributed by atoms with Crippen molar-refractivity contribution in [3.63, 3.8) is 0 Å². The summed E-state index contributed by atoms with van der Waals surface area (Å²) in [6.07, 6.45) is 0. The van der Waals surface area contributed by atoms with Crippen molar-refractivity contribution >= 4 is 15.6 Å². The van der Waals surface area contributed by atoms with E-state index in [9.17, 15) is 19.3 Å². The summed E-state index contributed by atoms with van der Waals surface area (Å²) >= 11 is 0. The van der Waals surface area contributed by atoms with E-state index >= 15 is 0 Å². The van der Waals surface area contributed by atoms with Crippen molar-refractivity contribution in [2.45, 2.75) is 0 Å². The number of hydrogen-bond acceptors (Lipinski definition) is 6. The molecule has 0 unspecified atom stereocenters. The van der Waals surface area contributed by atoms with E-state index in [1.807, 2.05) is 0 Å². The Hall–Kier alpha value is -2.06. The molecule has 0 aliphatic carbocycles. The third-order valence-electron chi connectivity index (χ3n) is 2.66. The summed E-state index contributed by atoms with van der Waals surface area (Å²) in [4.78, 5) is 35.5. The first-order chi connectivity index (χ1) is 10.9. The third kappa shape index (κ3) is 4.97. The lowest BCUT2D eigenvalue weighted by Gasteiger charge is -2.15. The van der Waals surface area contributed by atoms with E-state index in [1.54, 1.807) is 0 Å². The number of aromatic hydroxyl groups is 2. The van der Waals surface area contributed by atoms with Gasteiger partial charge in [0.2, 0.25) is 0 Å². The highest BCUT2D eigenvalue weighted by molar-refractivity contribution is 7.47. The van der Waals surface area contributed by atoms with Crippen LogP contribution in [0, 0.1) is 0 Å². The van der Waals surface area contributed by atoms with Crippen molar-refractivity contribution in [2.24, 2.45) is 0 Å². The van der Waals surface area contributed by atoms with Gasteiger partial charge in [-0.05, 0) is 36.4 Å². The molecule has 2 aromatic carbocycles. The highest BCUT2D eigenvalue weighted by Crippen LogP contribution is 2.47. The van der Waals surface area contributed by atoms with Gasteiger partial charge in [-0.25, -0.2) is 9.13 Å². The monoisotopic (exact) mass is 378 g/mol. The molecule has 0 atom stereocenters. The zero-order chi connectivity index (χ0) is 18.1. The van der Waals surface area contributed by atoms with E-state index in [0.717, 1.165) is 30.3 Å². The second-order valence-corrected chi connectivity index (χ2v) is 6.85. The van der Waals surface area contributed by atoms with E-state index in [4.69, 9.17) is 19.6 Å². The van der Waals surface area contributed by atoms with Crippen molar-refractivity contribution < 1.29 is 48.0 Å². The van der Waals surface area contributed by atoms with E-state index in [0.29, 0.717) is 0 Å². The van der Waals surface area contributed by atoms with Gasteiger partial charge in [-0.3, -0.25) is 19.6 Å². The molecule has 2 rings (SSSR count). The molecular formula is C12H12O10P2. The quantitative estimate of drug-likeness (QED) is 0.332. The molecule has 6 N–H and O–H groups in total. The summed E-state index contributed by atoms with van der Waals surface area (Å²) in [7, 11) is -9.84. The Labute approximate surface area is 135 Å². The van der Waals surface area contributed by atoms with Crippen LogP contribution in [0.5, 0.6) is 23.0 Å².